The SMILES string of the molecule is Cc1[nH]nc(C(=O)O)c1S(=O)(=O)NCC1CCC(C#N)CC1. The first kappa shape index (κ1) is 16.5. The van der Waals surface area contributed by atoms with E-state index in [0.29, 0.717) is 0 Å². The van der Waals surface area contributed by atoms with Crippen LogP contribution in [0.25, 0.3) is 0 Å². The summed E-state index contributed by atoms with van der Waals surface area (Å²) in [6.45, 7) is 1.70. The van der Waals surface area contributed by atoms with Crippen LogP contribution in [0.4, 0.5) is 0 Å². The molecule has 0 saturated heterocycles. The van der Waals surface area contributed by atoms with Crippen LogP contribution in [-0.4, -0.2) is 36.2 Å². The number of carboxylic acid groups (broad SMARTS) is 1. The van der Waals surface area contributed by atoms with Crippen molar-refractivity contribution in [3.63, 3.8) is 0 Å². The lowest BCUT2D eigenvalue weighted by molar-refractivity contribution is 0.0686. The normalized spacial score (nSPS) is 22.2. The van der Waals surface area contributed by atoms with Crippen molar-refractivity contribution in [3.8, 4) is 6.07 Å². The van der Waals surface area contributed by atoms with Crippen molar-refractivity contribution >= 4 is 16.0 Å². The van der Waals surface area contributed by atoms with E-state index in [1.807, 2.05) is 0 Å². The summed E-state index contributed by atoms with van der Waals surface area (Å²) in [5.74, 6) is -1.17. The zero-order valence-corrected chi connectivity index (χ0v) is 13.0. The molecule has 1 saturated carbocycles. The third-order valence-corrected chi connectivity index (χ3v) is 5.54. The highest BCUT2D eigenvalue weighted by Crippen LogP contribution is 2.28. The van der Waals surface area contributed by atoms with Crippen LogP contribution in [0.15, 0.2) is 4.90 Å². The first-order valence-corrected chi connectivity index (χ1v) is 8.51. The van der Waals surface area contributed by atoms with Gasteiger partial charge in [0, 0.05) is 12.5 Å². The van der Waals surface area contributed by atoms with Crippen molar-refractivity contribution in [3.05, 3.63) is 11.4 Å². The van der Waals surface area contributed by atoms with Gasteiger partial charge in [-0.3, -0.25) is 5.10 Å². The number of hydrogen-bond acceptors (Lipinski definition) is 5. The highest BCUT2D eigenvalue weighted by atomic mass is 32.2. The van der Waals surface area contributed by atoms with Crippen molar-refractivity contribution < 1.29 is 18.3 Å². The molecular weight excluding hydrogens is 308 g/mol. The van der Waals surface area contributed by atoms with Crippen LogP contribution in [0.2, 0.25) is 0 Å². The molecule has 0 aliphatic heterocycles. The molecule has 0 unspecified atom stereocenters. The van der Waals surface area contributed by atoms with E-state index in [2.05, 4.69) is 21.0 Å². The van der Waals surface area contributed by atoms with Crippen LogP contribution in [0.3, 0.4) is 0 Å². The molecule has 22 heavy (non-hydrogen) atoms. The predicted octanol–water partition coefficient (Wildman–Crippen LogP) is 1.02. The van der Waals surface area contributed by atoms with E-state index in [1.54, 1.807) is 0 Å². The van der Waals surface area contributed by atoms with Crippen molar-refractivity contribution in [2.24, 2.45) is 11.8 Å². The number of nitrogens with zero attached hydrogens (tertiary/aromatic N) is 2. The number of rotatable bonds is 5. The van der Waals surface area contributed by atoms with Gasteiger partial charge in [0.15, 0.2) is 5.69 Å². The predicted molar refractivity (Wildman–Crippen MR) is 76.5 cm³/mol. The Morgan fingerprint density at radius 2 is 2.09 bits per heavy atom. The molecule has 1 heterocycles. The highest BCUT2D eigenvalue weighted by molar-refractivity contribution is 7.89. The van der Waals surface area contributed by atoms with Gasteiger partial charge >= 0.3 is 5.97 Å². The first-order valence-electron chi connectivity index (χ1n) is 7.02. The van der Waals surface area contributed by atoms with Crippen LogP contribution >= 0.6 is 0 Å². The summed E-state index contributed by atoms with van der Waals surface area (Å²) >= 11 is 0. The Bertz CT molecular complexity index is 696. The Balaban J connectivity index is 2.05. The number of hydrogen-bond donors (Lipinski definition) is 3. The maximum Gasteiger partial charge on any atom is 0.357 e. The molecule has 1 aromatic rings. The molecule has 9 heteroatoms. The van der Waals surface area contributed by atoms with Crippen LogP contribution in [0.1, 0.15) is 41.9 Å². The van der Waals surface area contributed by atoms with Crippen LogP contribution < -0.4 is 4.72 Å². The zero-order chi connectivity index (χ0) is 16.3. The summed E-state index contributed by atoms with van der Waals surface area (Å²) < 4.78 is 27.1. The van der Waals surface area contributed by atoms with Crippen LogP contribution in [0, 0.1) is 30.1 Å². The fraction of sp³-hybridized carbons (Fsp3) is 0.615. The molecule has 1 fully saturated rings. The number of aryl methyl sites for hydroxylation is 1. The Hall–Kier alpha value is -1.92. The molecule has 1 aromatic heterocycles. The number of aromatic carboxylic acids is 1. The summed E-state index contributed by atoms with van der Waals surface area (Å²) in [4.78, 5) is 10.7. The monoisotopic (exact) mass is 326 g/mol. The van der Waals surface area contributed by atoms with Gasteiger partial charge in [0.2, 0.25) is 10.0 Å². The van der Waals surface area contributed by atoms with E-state index in [4.69, 9.17) is 10.4 Å². The Morgan fingerprint density at radius 1 is 1.45 bits per heavy atom. The first-order chi connectivity index (χ1) is 10.3. The van der Waals surface area contributed by atoms with E-state index in [-0.39, 0.29) is 29.0 Å². The lowest BCUT2D eigenvalue weighted by atomic mass is 9.83. The summed E-state index contributed by atoms with van der Waals surface area (Å²) in [5.41, 5.74) is -0.309. The number of sulfonamides is 1. The molecule has 0 spiro atoms. The van der Waals surface area contributed by atoms with Crippen molar-refractivity contribution in [1.29, 1.82) is 5.26 Å². The number of nitriles is 1. The quantitative estimate of drug-likeness (QED) is 0.739. The molecule has 0 aromatic carbocycles. The standard InChI is InChI=1S/C13H18N4O4S/c1-8-12(11(13(18)19)17-16-8)22(20,21)15-7-10-4-2-9(6-14)3-5-10/h9-10,15H,2-5,7H2,1H3,(H,16,17)(H,18,19). The fourth-order valence-electron chi connectivity index (χ4n) is 2.69. The fourth-order valence-corrected chi connectivity index (χ4v) is 4.12. The molecule has 8 nitrogen and oxygen atoms in total. The summed E-state index contributed by atoms with van der Waals surface area (Å²) in [7, 11) is -3.93. The molecule has 2 rings (SSSR count). The Morgan fingerprint density at radius 3 is 2.64 bits per heavy atom. The second kappa shape index (κ2) is 6.46. The molecule has 3 N–H and O–H groups in total. The topological polar surface area (TPSA) is 136 Å². The third kappa shape index (κ3) is 3.45. The van der Waals surface area contributed by atoms with Crippen LogP contribution in [0.5, 0.6) is 0 Å². The van der Waals surface area contributed by atoms with Gasteiger partial charge in [-0.25, -0.2) is 17.9 Å². The van der Waals surface area contributed by atoms with Crippen molar-refractivity contribution in [1.82, 2.24) is 14.9 Å². The van der Waals surface area contributed by atoms with Gasteiger partial charge < -0.3 is 5.11 Å². The Kier molecular flexibility index (Phi) is 4.83. The summed E-state index contributed by atoms with van der Waals surface area (Å²) in [6.07, 6.45) is 3.12. The van der Waals surface area contributed by atoms with E-state index in [1.165, 1.54) is 6.92 Å². The van der Waals surface area contributed by atoms with E-state index < -0.39 is 21.7 Å². The second-order valence-electron chi connectivity index (χ2n) is 5.53. The van der Waals surface area contributed by atoms with Gasteiger partial charge in [0.05, 0.1) is 11.8 Å². The maximum atomic E-state index is 12.3. The van der Waals surface area contributed by atoms with Gasteiger partial charge in [0.1, 0.15) is 4.90 Å². The maximum absolute atomic E-state index is 12.3. The Labute approximate surface area is 128 Å². The van der Waals surface area contributed by atoms with Crippen molar-refractivity contribution in [2.75, 3.05) is 6.54 Å². The number of aromatic amines is 1. The molecule has 120 valence electrons. The molecule has 1 aliphatic carbocycles. The number of H-pyrrole nitrogens is 1. The van der Waals surface area contributed by atoms with Gasteiger partial charge in [-0.1, -0.05) is 0 Å². The van der Waals surface area contributed by atoms with Gasteiger partial charge in [0.25, 0.3) is 0 Å². The van der Waals surface area contributed by atoms with E-state index in [9.17, 15) is 13.2 Å². The van der Waals surface area contributed by atoms with Gasteiger partial charge in [-0.15, -0.1) is 0 Å². The minimum atomic E-state index is -3.93. The smallest absolute Gasteiger partial charge is 0.357 e. The summed E-state index contributed by atoms with van der Waals surface area (Å²) in [6, 6.07) is 2.23. The van der Waals surface area contributed by atoms with Gasteiger partial charge in [-0.2, -0.15) is 10.4 Å². The number of carbonyl (C=O) groups is 1. The molecular formula is C13H18N4O4S. The van der Waals surface area contributed by atoms with E-state index >= 15 is 0 Å². The molecule has 0 amide bonds. The zero-order valence-electron chi connectivity index (χ0n) is 12.2. The second-order valence-corrected chi connectivity index (χ2v) is 7.23. The molecule has 0 bridgehead atoms. The molecule has 0 atom stereocenters. The number of aromatic nitrogens is 2. The number of nitrogens with one attached hydrogen (secondary N) is 2. The summed E-state index contributed by atoms with van der Waals surface area (Å²) in [5, 5.41) is 23.8. The molecule has 0 radical (unpaired) electrons. The third-order valence-electron chi connectivity index (χ3n) is 3.95. The number of carboxylic acids is 1. The van der Waals surface area contributed by atoms with Crippen LogP contribution in [-0.2, 0) is 10.0 Å². The molecule has 1 aliphatic rings. The van der Waals surface area contributed by atoms with Crippen molar-refractivity contribution in [2.45, 2.75) is 37.5 Å². The van der Waals surface area contributed by atoms with Gasteiger partial charge in [-0.05, 0) is 38.5 Å². The lowest BCUT2D eigenvalue weighted by Crippen LogP contribution is -2.32. The average Bonchev–Trinajstić information content (AvgIpc) is 2.88. The highest BCUT2D eigenvalue weighted by Gasteiger charge is 2.29. The largest absolute Gasteiger partial charge is 0.476 e. The lowest BCUT2D eigenvalue weighted by Gasteiger charge is -2.24. The van der Waals surface area contributed by atoms with E-state index in [0.717, 1.165) is 25.7 Å². The average molecular weight is 326 g/mol. The minimum absolute atomic E-state index is 0.0580. The minimum Gasteiger partial charge on any atom is -0.476 e.